The summed E-state index contributed by atoms with van der Waals surface area (Å²) in [7, 11) is 1.67. The highest BCUT2D eigenvalue weighted by molar-refractivity contribution is 5.82. The monoisotopic (exact) mass is 340 g/mol. The number of carbonyl (C=O) groups is 1. The third-order valence-corrected chi connectivity index (χ3v) is 5.21. The third kappa shape index (κ3) is 3.12. The van der Waals surface area contributed by atoms with E-state index in [4.69, 9.17) is 4.74 Å². The minimum absolute atomic E-state index is 0.490. The van der Waals surface area contributed by atoms with E-state index >= 15 is 0 Å². The zero-order valence-electron chi connectivity index (χ0n) is 15.0. The van der Waals surface area contributed by atoms with Gasteiger partial charge in [0.1, 0.15) is 11.2 Å². The number of hydrogen-bond acceptors (Lipinski definition) is 4. The number of carboxylic acids is 1. The summed E-state index contributed by atoms with van der Waals surface area (Å²) in [6.45, 7) is 5.84. The Labute approximate surface area is 148 Å². The Morgan fingerprint density at radius 2 is 2.04 bits per heavy atom. The van der Waals surface area contributed by atoms with Crippen molar-refractivity contribution in [3.05, 3.63) is 58.9 Å². The molecule has 25 heavy (non-hydrogen) atoms. The van der Waals surface area contributed by atoms with E-state index in [0.29, 0.717) is 19.5 Å². The summed E-state index contributed by atoms with van der Waals surface area (Å²) in [5.74, 6) is 0.101. The highest BCUT2D eigenvalue weighted by Gasteiger charge is 2.46. The minimum Gasteiger partial charge on any atom is -0.496 e. The van der Waals surface area contributed by atoms with Crippen LogP contribution < -0.4 is 4.74 Å². The number of aromatic nitrogens is 1. The molecule has 1 aromatic heterocycles. The second-order valence-corrected chi connectivity index (χ2v) is 6.76. The van der Waals surface area contributed by atoms with E-state index in [2.05, 4.69) is 9.88 Å². The summed E-state index contributed by atoms with van der Waals surface area (Å²) < 4.78 is 5.48. The molecule has 1 aliphatic rings. The molecule has 1 aliphatic heterocycles. The van der Waals surface area contributed by atoms with Gasteiger partial charge in [-0.15, -0.1) is 0 Å². The first kappa shape index (κ1) is 17.4. The number of nitrogens with zero attached hydrogens (tertiary/aromatic N) is 2. The van der Waals surface area contributed by atoms with Crippen molar-refractivity contribution >= 4 is 5.97 Å². The lowest BCUT2D eigenvalue weighted by Gasteiger charge is -2.25. The summed E-state index contributed by atoms with van der Waals surface area (Å²) in [6.07, 6.45) is 2.42. The van der Waals surface area contributed by atoms with Crippen LogP contribution in [0, 0.1) is 13.8 Å². The normalized spacial score (nSPS) is 20.6. The number of aryl methyl sites for hydroxylation is 1. The van der Waals surface area contributed by atoms with Gasteiger partial charge in [0.2, 0.25) is 0 Å². The maximum Gasteiger partial charge on any atom is 0.315 e. The van der Waals surface area contributed by atoms with Gasteiger partial charge in [0.25, 0.3) is 0 Å². The molecule has 2 aromatic rings. The number of hydrogen-bond donors (Lipinski definition) is 1. The second-order valence-electron chi connectivity index (χ2n) is 6.76. The van der Waals surface area contributed by atoms with Gasteiger partial charge in [-0.1, -0.05) is 30.3 Å². The van der Waals surface area contributed by atoms with Crippen LogP contribution in [0.25, 0.3) is 0 Å². The van der Waals surface area contributed by atoms with Crippen LogP contribution in [-0.2, 0) is 16.8 Å². The number of benzene rings is 1. The molecule has 0 radical (unpaired) electrons. The van der Waals surface area contributed by atoms with Crippen LogP contribution in [0.2, 0.25) is 0 Å². The van der Waals surface area contributed by atoms with Crippen molar-refractivity contribution in [2.24, 2.45) is 0 Å². The first-order chi connectivity index (χ1) is 12.0. The molecule has 1 aromatic carbocycles. The summed E-state index contributed by atoms with van der Waals surface area (Å²) in [5.41, 5.74) is 3.00. The molecule has 3 rings (SSSR count). The fourth-order valence-corrected chi connectivity index (χ4v) is 3.76. The Kier molecular flexibility index (Phi) is 4.77. The van der Waals surface area contributed by atoms with Crippen LogP contribution >= 0.6 is 0 Å². The molecule has 1 fully saturated rings. The highest BCUT2D eigenvalue weighted by Crippen LogP contribution is 2.36. The molecule has 1 N–H and O–H groups in total. The van der Waals surface area contributed by atoms with Crippen LogP contribution in [0.3, 0.4) is 0 Å². The molecular formula is C20H24N2O3. The van der Waals surface area contributed by atoms with E-state index < -0.39 is 11.4 Å². The average molecular weight is 340 g/mol. The Hall–Kier alpha value is -2.40. The van der Waals surface area contributed by atoms with Gasteiger partial charge in [-0.3, -0.25) is 14.7 Å². The molecule has 0 aliphatic carbocycles. The summed E-state index contributed by atoms with van der Waals surface area (Å²) in [5, 5.41) is 9.91. The minimum atomic E-state index is -0.843. The van der Waals surface area contributed by atoms with Gasteiger partial charge in [0, 0.05) is 37.0 Å². The Bertz CT molecular complexity index is 776. The molecule has 0 spiro atoms. The van der Waals surface area contributed by atoms with Crippen molar-refractivity contribution in [1.82, 2.24) is 9.88 Å². The van der Waals surface area contributed by atoms with Gasteiger partial charge in [-0.25, -0.2) is 0 Å². The maximum atomic E-state index is 12.1. The van der Waals surface area contributed by atoms with Gasteiger partial charge in [-0.05, 0) is 25.8 Å². The molecule has 132 valence electrons. The van der Waals surface area contributed by atoms with Crippen molar-refractivity contribution in [3.8, 4) is 5.75 Å². The smallest absolute Gasteiger partial charge is 0.315 e. The Balaban J connectivity index is 1.84. The topological polar surface area (TPSA) is 62.7 Å². The number of methoxy groups -OCH3 is 1. The zero-order chi connectivity index (χ0) is 18.0. The lowest BCUT2D eigenvalue weighted by atomic mass is 9.80. The van der Waals surface area contributed by atoms with Crippen molar-refractivity contribution in [3.63, 3.8) is 0 Å². The fraction of sp³-hybridized carbons (Fsp3) is 0.400. The zero-order valence-corrected chi connectivity index (χ0v) is 15.0. The number of pyridine rings is 1. The van der Waals surface area contributed by atoms with Gasteiger partial charge < -0.3 is 9.84 Å². The maximum absolute atomic E-state index is 12.1. The van der Waals surface area contributed by atoms with Gasteiger partial charge in [0.15, 0.2) is 0 Å². The largest absolute Gasteiger partial charge is 0.496 e. The molecule has 1 atom stereocenters. The van der Waals surface area contributed by atoms with E-state index in [0.717, 1.165) is 34.7 Å². The van der Waals surface area contributed by atoms with Gasteiger partial charge in [-0.2, -0.15) is 0 Å². The Morgan fingerprint density at radius 1 is 1.32 bits per heavy atom. The van der Waals surface area contributed by atoms with Crippen molar-refractivity contribution in [2.45, 2.75) is 32.2 Å². The van der Waals surface area contributed by atoms with Gasteiger partial charge >= 0.3 is 5.97 Å². The van der Waals surface area contributed by atoms with Crippen LogP contribution in [0.15, 0.2) is 36.5 Å². The van der Waals surface area contributed by atoms with Crippen molar-refractivity contribution < 1.29 is 14.6 Å². The molecule has 1 unspecified atom stereocenters. The van der Waals surface area contributed by atoms with Crippen molar-refractivity contribution in [1.29, 1.82) is 0 Å². The molecule has 5 heteroatoms. The van der Waals surface area contributed by atoms with Crippen molar-refractivity contribution in [2.75, 3.05) is 20.2 Å². The standard InChI is InChI=1S/C20H24N2O3/c1-14-11-21-17(15(2)18(14)25-3)12-22-10-9-20(13-22,19(23)24)16-7-5-4-6-8-16/h4-8,11H,9-10,12-13H2,1-3H3,(H,23,24). The quantitative estimate of drug-likeness (QED) is 0.907. The van der Waals surface area contributed by atoms with E-state index in [1.807, 2.05) is 50.4 Å². The number of aliphatic carboxylic acids is 1. The number of carboxylic acid groups (broad SMARTS) is 1. The predicted octanol–water partition coefficient (Wildman–Crippen LogP) is 2.94. The van der Waals surface area contributed by atoms with E-state index in [-0.39, 0.29) is 0 Å². The van der Waals surface area contributed by atoms with E-state index in [1.165, 1.54) is 0 Å². The lowest BCUT2D eigenvalue weighted by Crippen LogP contribution is -2.38. The molecule has 5 nitrogen and oxygen atoms in total. The predicted molar refractivity (Wildman–Crippen MR) is 95.9 cm³/mol. The summed E-state index contributed by atoms with van der Waals surface area (Å²) in [4.78, 5) is 18.8. The molecule has 0 bridgehead atoms. The van der Waals surface area contributed by atoms with Gasteiger partial charge in [0.05, 0.1) is 12.8 Å². The molecule has 0 saturated carbocycles. The second kappa shape index (κ2) is 6.84. The highest BCUT2D eigenvalue weighted by atomic mass is 16.5. The molecule has 0 amide bonds. The first-order valence-electron chi connectivity index (χ1n) is 8.48. The summed E-state index contributed by atoms with van der Waals surface area (Å²) >= 11 is 0. The number of likely N-dealkylation sites (tertiary alicyclic amines) is 1. The van der Waals surface area contributed by atoms with Crippen LogP contribution in [0.4, 0.5) is 0 Å². The van der Waals surface area contributed by atoms with Crippen LogP contribution in [0.5, 0.6) is 5.75 Å². The van der Waals surface area contributed by atoms with Crippen LogP contribution in [-0.4, -0.2) is 41.2 Å². The third-order valence-electron chi connectivity index (χ3n) is 5.21. The first-order valence-corrected chi connectivity index (χ1v) is 8.48. The van der Waals surface area contributed by atoms with Crippen LogP contribution in [0.1, 0.15) is 28.8 Å². The average Bonchev–Trinajstić information content (AvgIpc) is 3.04. The van der Waals surface area contributed by atoms with E-state index in [9.17, 15) is 9.90 Å². The Morgan fingerprint density at radius 3 is 2.68 bits per heavy atom. The summed E-state index contributed by atoms with van der Waals surface area (Å²) in [6, 6.07) is 9.54. The molecular weight excluding hydrogens is 316 g/mol. The molecule has 1 saturated heterocycles. The lowest BCUT2D eigenvalue weighted by molar-refractivity contribution is -0.143. The fourth-order valence-electron chi connectivity index (χ4n) is 3.76. The number of ether oxygens (including phenoxy) is 1. The molecule has 2 heterocycles. The SMILES string of the molecule is COc1c(C)cnc(CN2CCC(C(=O)O)(c3ccccc3)C2)c1C. The number of rotatable bonds is 5. The van der Waals surface area contributed by atoms with E-state index in [1.54, 1.807) is 7.11 Å².